The van der Waals surface area contributed by atoms with Gasteiger partial charge in [-0.3, -0.25) is 5.41 Å². The van der Waals surface area contributed by atoms with Crippen molar-refractivity contribution in [2.75, 3.05) is 11.9 Å². The lowest BCUT2D eigenvalue weighted by Gasteiger charge is -2.14. The van der Waals surface area contributed by atoms with Crippen LogP contribution < -0.4 is 10.1 Å². The highest BCUT2D eigenvalue weighted by atomic mass is 19.1. The number of fused-ring (bicyclic) bond motifs is 1. The summed E-state index contributed by atoms with van der Waals surface area (Å²) in [6.07, 6.45) is 5.40. The van der Waals surface area contributed by atoms with E-state index in [0.29, 0.717) is 30.0 Å². The summed E-state index contributed by atoms with van der Waals surface area (Å²) in [7, 11) is 0. The molecule has 0 unspecified atom stereocenters. The summed E-state index contributed by atoms with van der Waals surface area (Å²) in [6.45, 7) is 3.93. The molecule has 2 aromatic carbocycles. The number of aromatic nitrogens is 2. The Balaban J connectivity index is 1.53. The normalized spacial score (nSPS) is 15.7. The number of hydrogen-bond acceptors (Lipinski definition) is 5. The van der Waals surface area contributed by atoms with Crippen LogP contribution in [-0.2, 0) is 0 Å². The maximum absolute atomic E-state index is 13.8. The first kappa shape index (κ1) is 22.8. The first-order chi connectivity index (χ1) is 16.5. The first-order valence-electron chi connectivity index (χ1n) is 10.8. The molecule has 0 bridgehead atoms. The molecule has 168 valence electrons. The van der Waals surface area contributed by atoms with E-state index in [4.69, 9.17) is 10.1 Å². The second kappa shape index (κ2) is 10.5. The van der Waals surface area contributed by atoms with E-state index in [0.717, 1.165) is 27.7 Å². The summed E-state index contributed by atoms with van der Waals surface area (Å²) in [5.74, 6) is 12.5. The summed E-state index contributed by atoms with van der Waals surface area (Å²) in [6, 6.07) is 11.3. The molecule has 0 radical (unpaired) electrons. The van der Waals surface area contributed by atoms with E-state index in [-0.39, 0.29) is 18.1 Å². The molecule has 0 amide bonds. The number of nitrogens with one attached hydrogen (secondary N) is 2. The number of ether oxygens (including phenoxy) is 1. The highest BCUT2D eigenvalue weighted by Crippen LogP contribution is 2.28. The average molecular weight is 451 g/mol. The van der Waals surface area contributed by atoms with E-state index >= 15 is 0 Å². The van der Waals surface area contributed by atoms with Gasteiger partial charge in [0.2, 0.25) is 0 Å². The Morgan fingerprint density at radius 2 is 2.09 bits per heavy atom. The van der Waals surface area contributed by atoms with Gasteiger partial charge in [0.1, 0.15) is 36.0 Å². The Labute approximate surface area is 198 Å². The van der Waals surface area contributed by atoms with Crippen LogP contribution in [0.5, 0.6) is 5.75 Å². The van der Waals surface area contributed by atoms with Crippen molar-refractivity contribution in [3.8, 4) is 29.4 Å². The predicted molar refractivity (Wildman–Crippen MR) is 134 cm³/mol. The number of nitrogens with zero attached hydrogens (tertiary/aromatic N) is 2. The van der Waals surface area contributed by atoms with Crippen LogP contribution in [-0.4, -0.2) is 22.3 Å². The summed E-state index contributed by atoms with van der Waals surface area (Å²) in [5, 5.41) is 12.3. The monoisotopic (exact) mass is 450 g/mol. The third-order valence-corrected chi connectivity index (χ3v) is 5.21. The molecular weight excluding hydrogens is 427 g/mol. The van der Waals surface area contributed by atoms with E-state index in [9.17, 15) is 4.39 Å². The smallest absolute Gasteiger partial charge is 0.141 e. The van der Waals surface area contributed by atoms with Crippen molar-refractivity contribution < 1.29 is 9.13 Å². The quantitative estimate of drug-likeness (QED) is 0.355. The molecule has 0 saturated heterocycles. The second-order valence-corrected chi connectivity index (χ2v) is 7.72. The van der Waals surface area contributed by atoms with Crippen LogP contribution in [0, 0.1) is 36.0 Å². The second-order valence-electron chi connectivity index (χ2n) is 7.72. The van der Waals surface area contributed by atoms with Crippen molar-refractivity contribution in [1.82, 2.24) is 9.97 Å². The van der Waals surface area contributed by atoms with Gasteiger partial charge in [0.05, 0.1) is 5.52 Å². The van der Waals surface area contributed by atoms with E-state index in [1.807, 2.05) is 43.3 Å². The van der Waals surface area contributed by atoms with Crippen LogP contribution in [0.4, 0.5) is 15.9 Å². The van der Waals surface area contributed by atoms with Gasteiger partial charge in [-0.1, -0.05) is 17.8 Å². The maximum atomic E-state index is 13.8. The molecule has 0 saturated carbocycles. The van der Waals surface area contributed by atoms with Crippen molar-refractivity contribution >= 4 is 28.1 Å². The minimum atomic E-state index is -0.277. The Kier molecular flexibility index (Phi) is 7.01. The van der Waals surface area contributed by atoms with Crippen LogP contribution in [0.25, 0.3) is 10.9 Å². The zero-order chi connectivity index (χ0) is 23.9. The molecule has 5 nitrogen and oxygen atoms in total. The summed E-state index contributed by atoms with van der Waals surface area (Å²) < 4.78 is 19.7. The zero-order valence-electron chi connectivity index (χ0n) is 19.0. The summed E-state index contributed by atoms with van der Waals surface area (Å²) in [5.41, 5.74) is 4.29. The highest BCUT2D eigenvalue weighted by molar-refractivity contribution is 6.12. The molecule has 0 aliphatic heterocycles. The van der Waals surface area contributed by atoms with Gasteiger partial charge in [-0.2, -0.15) is 0 Å². The van der Waals surface area contributed by atoms with Crippen molar-refractivity contribution in [1.29, 1.82) is 5.41 Å². The average Bonchev–Trinajstić information content (AvgIpc) is 2.81. The fraction of sp³-hybridized carbons (Fsp3) is 0.179. The van der Waals surface area contributed by atoms with Gasteiger partial charge in [0, 0.05) is 29.5 Å². The lowest BCUT2D eigenvalue weighted by Crippen LogP contribution is -2.04. The lowest BCUT2D eigenvalue weighted by atomic mass is 10.1. The topological polar surface area (TPSA) is 70.9 Å². The van der Waals surface area contributed by atoms with E-state index in [1.165, 1.54) is 18.5 Å². The number of allylic oxidation sites excluding steroid dienone is 3. The molecule has 34 heavy (non-hydrogen) atoms. The van der Waals surface area contributed by atoms with Gasteiger partial charge < -0.3 is 10.1 Å². The molecule has 0 spiro atoms. The number of benzene rings is 2. The first-order valence-corrected chi connectivity index (χ1v) is 10.8. The van der Waals surface area contributed by atoms with Crippen LogP contribution in [0.1, 0.15) is 30.9 Å². The van der Waals surface area contributed by atoms with E-state index < -0.39 is 0 Å². The lowest BCUT2D eigenvalue weighted by molar-refractivity contribution is 0.347. The van der Waals surface area contributed by atoms with Crippen LogP contribution in [0.15, 0.2) is 66.3 Å². The number of rotatable bonds is 6. The van der Waals surface area contributed by atoms with Gasteiger partial charge >= 0.3 is 0 Å². The molecule has 6 heteroatoms. The highest BCUT2D eigenvalue weighted by Gasteiger charge is 2.09. The Bertz CT molecular complexity index is 1450. The standard InChI is InChI=1S/C28H23FN4O/c1-3-7-25(30)21-10-12-26-24(16-21)28(32-18-31-26)33-23-11-13-27(19(2)14-23)34-17-20-8-5-4-6-9-22(29)15-20/h9-16,18,30H,6,8,17H2,1-2H3,(H,31,32,33)/b20-15+,22-9+,30-25?. The Morgan fingerprint density at radius 3 is 2.91 bits per heavy atom. The molecule has 0 fully saturated rings. The van der Waals surface area contributed by atoms with E-state index in [2.05, 4.69) is 39.0 Å². The van der Waals surface area contributed by atoms with Gasteiger partial charge in [-0.25, -0.2) is 14.4 Å². The number of halogens is 1. The fourth-order valence-electron chi connectivity index (χ4n) is 3.50. The van der Waals surface area contributed by atoms with Gasteiger partial charge in [-0.15, -0.1) is 0 Å². The third-order valence-electron chi connectivity index (χ3n) is 5.21. The van der Waals surface area contributed by atoms with Crippen molar-refractivity contribution in [2.45, 2.75) is 26.7 Å². The van der Waals surface area contributed by atoms with Crippen LogP contribution in [0.3, 0.4) is 0 Å². The van der Waals surface area contributed by atoms with Gasteiger partial charge in [0.15, 0.2) is 0 Å². The largest absolute Gasteiger partial charge is 0.489 e. The number of anilines is 2. The van der Waals surface area contributed by atoms with Gasteiger partial charge in [0.25, 0.3) is 0 Å². The Hall–Kier alpha value is -4.42. The van der Waals surface area contributed by atoms with Gasteiger partial charge in [-0.05, 0) is 79.5 Å². The van der Waals surface area contributed by atoms with Crippen LogP contribution in [0.2, 0.25) is 0 Å². The number of aryl methyl sites for hydroxylation is 1. The SMILES string of the molecule is CC#CC(=N)c1ccc2ncnc(Nc3ccc(OC/C4=C/C(F)=C\CC#CC4)c(C)c3)c2c1. The van der Waals surface area contributed by atoms with Crippen molar-refractivity contribution in [3.05, 3.63) is 77.4 Å². The van der Waals surface area contributed by atoms with Crippen LogP contribution >= 0.6 is 0 Å². The molecule has 3 aromatic rings. The molecule has 1 heterocycles. The maximum Gasteiger partial charge on any atom is 0.141 e. The summed E-state index contributed by atoms with van der Waals surface area (Å²) >= 11 is 0. The molecule has 0 atom stereocenters. The predicted octanol–water partition coefficient (Wildman–Crippen LogP) is 6.03. The molecule has 4 rings (SSSR count). The Morgan fingerprint density at radius 1 is 1.21 bits per heavy atom. The molecular formula is C28H23FN4O. The fourth-order valence-corrected chi connectivity index (χ4v) is 3.50. The van der Waals surface area contributed by atoms with E-state index in [1.54, 1.807) is 6.92 Å². The van der Waals surface area contributed by atoms with Crippen molar-refractivity contribution in [3.63, 3.8) is 0 Å². The molecule has 1 aliphatic rings. The van der Waals surface area contributed by atoms with Crippen molar-refractivity contribution in [2.24, 2.45) is 0 Å². The number of hydrogen-bond donors (Lipinski definition) is 2. The minimum Gasteiger partial charge on any atom is -0.489 e. The molecule has 1 aromatic heterocycles. The molecule has 2 N–H and O–H groups in total. The zero-order valence-corrected chi connectivity index (χ0v) is 19.0. The third kappa shape index (κ3) is 5.49. The minimum absolute atomic E-state index is 0.248. The summed E-state index contributed by atoms with van der Waals surface area (Å²) in [4.78, 5) is 8.73. The molecule has 1 aliphatic carbocycles.